The topological polar surface area (TPSA) is 3.24 Å². The summed E-state index contributed by atoms with van der Waals surface area (Å²) >= 11 is 0. The molecule has 98 valence electrons. The van der Waals surface area contributed by atoms with Gasteiger partial charge in [-0.1, -0.05) is 35.2 Å². The molecule has 1 aromatic carbocycles. The Morgan fingerprint density at radius 2 is 1.67 bits per heavy atom. The number of benzene rings is 1. The number of nitrogens with zero attached hydrogens (tertiary/aromatic N) is 1. The minimum atomic E-state index is 0.0932. The van der Waals surface area contributed by atoms with E-state index in [0.717, 1.165) is 6.42 Å². The van der Waals surface area contributed by atoms with Gasteiger partial charge in [0, 0.05) is 5.54 Å². The van der Waals surface area contributed by atoms with E-state index < -0.39 is 0 Å². The molecule has 0 fully saturated rings. The van der Waals surface area contributed by atoms with Gasteiger partial charge in [0.15, 0.2) is 0 Å². The lowest BCUT2D eigenvalue weighted by Gasteiger charge is -2.36. The second kappa shape index (κ2) is 5.59. The molecule has 0 bridgehead atoms. The van der Waals surface area contributed by atoms with Crippen LogP contribution in [0.15, 0.2) is 18.2 Å². The van der Waals surface area contributed by atoms with Gasteiger partial charge >= 0.3 is 0 Å². The standard InChI is InChI=1S/C17H25N/c1-8-16(18(7)17(4,5)6)12-15-10-13(2)9-14(3)11-15/h1,9-11,16H,12H2,2-7H3. The summed E-state index contributed by atoms with van der Waals surface area (Å²) in [5, 5.41) is 0. The van der Waals surface area contributed by atoms with E-state index in [1.165, 1.54) is 16.7 Å². The first-order valence-corrected chi connectivity index (χ1v) is 6.50. The summed E-state index contributed by atoms with van der Waals surface area (Å²) in [7, 11) is 2.10. The molecule has 0 spiro atoms. The largest absolute Gasteiger partial charge is 0.288 e. The molecule has 1 aromatic rings. The van der Waals surface area contributed by atoms with Crippen LogP contribution in [0.25, 0.3) is 0 Å². The minimum absolute atomic E-state index is 0.0932. The number of hydrogen-bond donors (Lipinski definition) is 0. The monoisotopic (exact) mass is 243 g/mol. The van der Waals surface area contributed by atoms with Gasteiger partial charge in [0.1, 0.15) is 0 Å². The predicted molar refractivity (Wildman–Crippen MR) is 79.8 cm³/mol. The van der Waals surface area contributed by atoms with Gasteiger partial charge in [0.25, 0.3) is 0 Å². The van der Waals surface area contributed by atoms with Crippen LogP contribution in [0.4, 0.5) is 0 Å². The highest BCUT2D eigenvalue weighted by atomic mass is 15.2. The quantitative estimate of drug-likeness (QED) is 0.734. The first-order chi connectivity index (χ1) is 8.24. The Labute approximate surface area is 112 Å². The molecule has 0 aliphatic rings. The van der Waals surface area contributed by atoms with Crippen molar-refractivity contribution in [2.75, 3.05) is 7.05 Å². The third-order valence-corrected chi connectivity index (χ3v) is 3.43. The van der Waals surface area contributed by atoms with Gasteiger partial charge in [0.2, 0.25) is 0 Å². The van der Waals surface area contributed by atoms with Gasteiger partial charge in [-0.3, -0.25) is 4.90 Å². The lowest BCUT2D eigenvalue weighted by Crippen LogP contribution is -2.45. The highest BCUT2D eigenvalue weighted by Gasteiger charge is 2.23. The third kappa shape index (κ3) is 3.89. The molecule has 1 nitrogen and oxygen atoms in total. The highest BCUT2D eigenvalue weighted by molar-refractivity contribution is 5.30. The van der Waals surface area contributed by atoms with Gasteiger partial charge in [0.05, 0.1) is 6.04 Å². The molecule has 0 radical (unpaired) electrons. The predicted octanol–water partition coefficient (Wildman–Crippen LogP) is 3.58. The Morgan fingerprint density at radius 3 is 2.06 bits per heavy atom. The molecule has 18 heavy (non-hydrogen) atoms. The smallest absolute Gasteiger partial charge is 0.0754 e. The Bertz CT molecular complexity index is 425. The lowest BCUT2D eigenvalue weighted by atomic mass is 9.97. The van der Waals surface area contributed by atoms with Gasteiger partial charge in [-0.15, -0.1) is 6.42 Å². The van der Waals surface area contributed by atoms with Crippen molar-refractivity contribution < 1.29 is 0 Å². The molecule has 1 heteroatoms. The van der Waals surface area contributed by atoms with Crippen molar-refractivity contribution >= 4 is 0 Å². The van der Waals surface area contributed by atoms with E-state index in [9.17, 15) is 0 Å². The maximum absolute atomic E-state index is 5.70. The van der Waals surface area contributed by atoms with Crippen molar-refractivity contribution in [2.24, 2.45) is 0 Å². The molecule has 0 amide bonds. The van der Waals surface area contributed by atoms with E-state index in [-0.39, 0.29) is 11.6 Å². The van der Waals surface area contributed by atoms with Gasteiger partial charge in [-0.25, -0.2) is 0 Å². The summed E-state index contributed by atoms with van der Waals surface area (Å²) < 4.78 is 0. The summed E-state index contributed by atoms with van der Waals surface area (Å²) in [6, 6.07) is 6.80. The van der Waals surface area contributed by atoms with Crippen LogP contribution in [0.1, 0.15) is 37.5 Å². The second-order valence-corrected chi connectivity index (χ2v) is 6.16. The minimum Gasteiger partial charge on any atom is -0.288 e. The Hall–Kier alpha value is -1.26. The zero-order valence-corrected chi connectivity index (χ0v) is 12.5. The van der Waals surface area contributed by atoms with Crippen molar-refractivity contribution in [3.05, 3.63) is 34.9 Å². The SMILES string of the molecule is C#CC(Cc1cc(C)cc(C)c1)N(C)C(C)(C)C. The molecule has 0 saturated carbocycles. The number of rotatable bonds is 3. The molecule has 1 rings (SSSR count). The van der Waals surface area contributed by atoms with Crippen LogP contribution in [-0.2, 0) is 6.42 Å². The molecule has 0 heterocycles. The summed E-state index contributed by atoms with van der Waals surface area (Å²) in [6.45, 7) is 10.8. The summed E-state index contributed by atoms with van der Waals surface area (Å²) in [4.78, 5) is 2.27. The average Bonchev–Trinajstić information content (AvgIpc) is 2.22. The summed E-state index contributed by atoms with van der Waals surface area (Å²) in [5.41, 5.74) is 4.03. The summed E-state index contributed by atoms with van der Waals surface area (Å²) in [6.07, 6.45) is 6.61. The van der Waals surface area contributed by atoms with Crippen molar-refractivity contribution in [3.63, 3.8) is 0 Å². The van der Waals surface area contributed by atoms with Crippen molar-refractivity contribution in [3.8, 4) is 12.3 Å². The van der Waals surface area contributed by atoms with Crippen LogP contribution in [-0.4, -0.2) is 23.5 Å². The Balaban J connectivity index is 2.90. The van der Waals surface area contributed by atoms with Crippen LogP contribution in [0, 0.1) is 26.2 Å². The van der Waals surface area contributed by atoms with Crippen molar-refractivity contribution in [1.82, 2.24) is 4.90 Å². The van der Waals surface area contributed by atoms with Crippen molar-refractivity contribution in [2.45, 2.75) is 52.6 Å². The highest BCUT2D eigenvalue weighted by Crippen LogP contribution is 2.18. The molecule has 0 N–H and O–H groups in total. The number of aryl methyl sites for hydroxylation is 2. The van der Waals surface area contributed by atoms with E-state index in [2.05, 4.69) is 70.7 Å². The average molecular weight is 243 g/mol. The van der Waals surface area contributed by atoms with Crippen molar-refractivity contribution in [1.29, 1.82) is 0 Å². The maximum Gasteiger partial charge on any atom is 0.0754 e. The molecule has 1 atom stereocenters. The summed E-state index contributed by atoms with van der Waals surface area (Å²) in [5.74, 6) is 2.92. The van der Waals surface area contributed by atoms with E-state index in [0.29, 0.717) is 0 Å². The zero-order chi connectivity index (χ0) is 13.9. The first-order valence-electron chi connectivity index (χ1n) is 6.50. The molecular formula is C17H25N. The number of terminal acetylenes is 1. The van der Waals surface area contributed by atoms with Crippen LogP contribution in [0.3, 0.4) is 0 Å². The molecule has 0 aromatic heterocycles. The Morgan fingerprint density at radius 1 is 1.17 bits per heavy atom. The van der Waals surface area contributed by atoms with E-state index in [1.807, 2.05) is 0 Å². The molecular weight excluding hydrogens is 218 g/mol. The normalized spacial score (nSPS) is 13.4. The Kier molecular flexibility index (Phi) is 4.59. The van der Waals surface area contributed by atoms with Crippen LogP contribution in [0.5, 0.6) is 0 Å². The van der Waals surface area contributed by atoms with Gasteiger partial charge in [-0.05, 0) is 53.7 Å². The third-order valence-electron chi connectivity index (χ3n) is 3.43. The molecule has 1 unspecified atom stereocenters. The van der Waals surface area contributed by atoms with Crippen LogP contribution >= 0.6 is 0 Å². The fourth-order valence-corrected chi connectivity index (χ4v) is 2.19. The molecule has 0 aliphatic carbocycles. The fraction of sp³-hybridized carbons (Fsp3) is 0.529. The van der Waals surface area contributed by atoms with Crippen LogP contribution < -0.4 is 0 Å². The van der Waals surface area contributed by atoms with E-state index in [1.54, 1.807) is 0 Å². The number of hydrogen-bond acceptors (Lipinski definition) is 1. The molecule has 0 aliphatic heterocycles. The van der Waals surface area contributed by atoms with Gasteiger partial charge < -0.3 is 0 Å². The number of likely N-dealkylation sites (N-methyl/N-ethyl adjacent to an activating group) is 1. The lowest BCUT2D eigenvalue weighted by molar-refractivity contribution is 0.145. The van der Waals surface area contributed by atoms with E-state index >= 15 is 0 Å². The first kappa shape index (κ1) is 14.8. The molecule has 0 saturated heterocycles. The van der Waals surface area contributed by atoms with Crippen LogP contribution in [0.2, 0.25) is 0 Å². The van der Waals surface area contributed by atoms with E-state index in [4.69, 9.17) is 6.42 Å². The second-order valence-electron chi connectivity index (χ2n) is 6.16. The zero-order valence-electron chi connectivity index (χ0n) is 12.5. The van der Waals surface area contributed by atoms with Gasteiger partial charge in [-0.2, -0.15) is 0 Å². The maximum atomic E-state index is 5.70. The fourth-order valence-electron chi connectivity index (χ4n) is 2.19.